The zero-order valence-corrected chi connectivity index (χ0v) is 14.4. The molecule has 0 aliphatic carbocycles. The van der Waals surface area contributed by atoms with Gasteiger partial charge in [0.2, 0.25) is 0 Å². The lowest BCUT2D eigenvalue weighted by Gasteiger charge is -2.17. The van der Waals surface area contributed by atoms with Crippen molar-refractivity contribution in [1.29, 1.82) is 0 Å². The van der Waals surface area contributed by atoms with E-state index in [1.54, 1.807) is 10.9 Å². The Labute approximate surface area is 133 Å². The van der Waals surface area contributed by atoms with Crippen molar-refractivity contribution in [2.45, 2.75) is 40.3 Å². The Hall–Kier alpha value is -1.62. The zero-order valence-electron chi connectivity index (χ0n) is 12.8. The van der Waals surface area contributed by atoms with E-state index in [0.717, 1.165) is 10.0 Å². The largest absolute Gasteiger partial charge is 0.344 e. The van der Waals surface area contributed by atoms with Gasteiger partial charge >= 0.3 is 0 Å². The van der Waals surface area contributed by atoms with E-state index in [1.807, 2.05) is 13.8 Å². The molecular weight excluding hydrogens is 330 g/mol. The highest BCUT2D eigenvalue weighted by molar-refractivity contribution is 9.10. The molecule has 21 heavy (non-hydrogen) atoms. The van der Waals surface area contributed by atoms with E-state index in [-0.39, 0.29) is 11.9 Å². The summed E-state index contributed by atoms with van der Waals surface area (Å²) in [5.74, 6) is -0.117. The van der Waals surface area contributed by atoms with Gasteiger partial charge in [-0.1, -0.05) is 23.8 Å². The summed E-state index contributed by atoms with van der Waals surface area (Å²) in [7, 11) is 0. The third-order valence-electron chi connectivity index (χ3n) is 3.55. The van der Waals surface area contributed by atoms with Crippen molar-refractivity contribution >= 4 is 21.8 Å². The van der Waals surface area contributed by atoms with Crippen LogP contribution in [0.5, 0.6) is 0 Å². The molecule has 1 N–H and O–H groups in total. The van der Waals surface area contributed by atoms with Crippen molar-refractivity contribution in [3.05, 3.63) is 51.3 Å². The minimum atomic E-state index is -0.117. The lowest BCUT2D eigenvalue weighted by Crippen LogP contribution is -2.29. The molecule has 0 radical (unpaired) electrons. The Bertz CT molecular complexity index is 664. The van der Waals surface area contributed by atoms with Crippen molar-refractivity contribution in [1.82, 2.24) is 15.1 Å². The van der Waals surface area contributed by atoms with E-state index in [0.29, 0.717) is 12.2 Å². The van der Waals surface area contributed by atoms with Gasteiger partial charge in [0, 0.05) is 6.54 Å². The summed E-state index contributed by atoms with van der Waals surface area (Å²) in [5, 5.41) is 7.22. The Balaban J connectivity index is 2.21. The Morgan fingerprint density at radius 2 is 2.14 bits per heavy atom. The Morgan fingerprint density at radius 1 is 1.43 bits per heavy atom. The summed E-state index contributed by atoms with van der Waals surface area (Å²) < 4.78 is 2.41. The van der Waals surface area contributed by atoms with Crippen LogP contribution in [0.1, 0.15) is 47.1 Å². The Morgan fingerprint density at radius 3 is 2.76 bits per heavy atom. The van der Waals surface area contributed by atoms with Gasteiger partial charge in [-0.25, -0.2) is 0 Å². The highest BCUT2D eigenvalue weighted by Gasteiger charge is 2.19. The molecule has 1 heterocycles. The van der Waals surface area contributed by atoms with Crippen LogP contribution in [-0.4, -0.2) is 15.7 Å². The van der Waals surface area contributed by atoms with E-state index >= 15 is 0 Å². The van der Waals surface area contributed by atoms with Crippen LogP contribution in [-0.2, 0) is 6.54 Å². The summed E-state index contributed by atoms with van der Waals surface area (Å²) in [6, 6.07) is 6.22. The first-order valence-electron chi connectivity index (χ1n) is 7.03. The summed E-state index contributed by atoms with van der Waals surface area (Å²) in [6.45, 7) is 8.75. The molecule has 2 rings (SSSR count). The van der Waals surface area contributed by atoms with E-state index in [9.17, 15) is 4.79 Å². The summed E-state index contributed by atoms with van der Waals surface area (Å²) >= 11 is 3.38. The molecule has 0 aliphatic rings. The van der Waals surface area contributed by atoms with Gasteiger partial charge in [-0.2, -0.15) is 5.10 Å². The minimum Gasteiger partial charge on any atom is -0.344 e. The summed E-state index contributed by atoms with van der Waals surface area (Å²) in [4.78, 5) is 12.5. The second-order valence-electron chi connectivity index (χ2n) is 5.21. The molecule has 0 fully saturated rings. The fourth-order valence-electron chi connectivity index (χ4n) is 2.48. The lowest BCUT2D eigenvalue weighted by molar-refractivity contribution is 0.0928. The lowest BCUT2D eigenvalue weighted by atomic mass is 10.0. The number of hydrogen-bond donors (Lipinski definition) is 1. The molecule has 5 heteroatoms. The standard InChI is InChI=1S/C16H20BrN3O/c1-5-20-15(14(17)9-18-20)16(21)19-12(4)13-7-6-10(2)8-11(13)3/h6-9,12H,5H2,1-4H3,(H,19,21). The maximum absolute atomic E-state index is 12.5. The highest BCUT2D eigenvalue weighted by Crippen LogP contribution is 2.21. The third-order valence-corrected chi connectivity index (χ3v) is 4.13. The number of carbonyl (C=O) groups is 1. The van der Waals surface area contributed by atoms with Gasteiger partial charge in [-0.05, 0) is 54.8 Å². The van der Waals surface area contributed by atoms with Crippen molar-refractivity contribution in [2.75, 3.05) is 0 Å². The number of aryl methyl sites for hydroxylation is 3. The van der Waals surface area contributed by atoms with E-state index < -0.39 is 0 Å². The monoisotopic (exact) mass is 349 g/mol. The number of halogens is 1. The number of nitrogens with zero attached hydrogens (tertiary/aromatic N) is 2. The fourth-order valence-corrected chi connectivity index (χ4v) is 2.96. The van der Waals surface area contributed by atoms with Gasteiger partial charge in [0.1, 0.15) is 5.69 Å². The van der Waals surface area contributed by atoms with Crippen LogP contribution in [0.4, 0.5) is 0 Å². The highest BCUT2D eigenvalue weighted by atomic mass is 79.9. The molecule has 0 saturated heterocycles. The van der Waals surface area contributed by atoms with Gasteiger partial charge in [-0.15, -0.1) is 0 Å². The second-order valence-corrected chi connectivity index (χ2v) is 6.07. The minimum absolute atomic E-state index is 0.0507. The van der Waals surface area contributed by atoms with Crippen molar-refractivity contribution in [3.8, 4) is 0 Å². The predicted molar refractivity (Wildman–Crippen MR) is 87.4 cm³/mol. The van der Waals surface area contributed by atoms with Crippen LogP contribution in [0, 0.1) is 13.8 Å². The molecule has 1 atom stereocenters. The van der Waals surface area contributed by atoms with Crippen molar-refractivity contribution in [2.24, 2.45) is 0 Å². The number of hydrogen-bond acceptors (Lipinski definition) is 2. The third kappa shape index (κ3) is 3.35. The molecule has 1 amide bonds. The molecule has 1 unspecified atom stereocenters. The number of aromatic nitrogens is 2. The maximum Gasteiger partial charge on any atom is 0.271 e. The molecule has 0 saturated carbocycles. The van der Waals surface area contributed by atoms with Gasteiger partial charge in [0.05, 0.1) is 16.7 Å². The van der Waals surface area contributed by atoms with Crippen LogP contribution < -0.4 is 5.32 Å². The van der Waals surface area contributed by atoms with Gasteiger partial charge < -0.3 is 5.32 Å². The zero-order chi connectivity index (χ0) is 15.6. The number of benzene rings is 1. The molecule has 2 aromatic rings. The molecular formula is C16H20BrN3O. The Kier molecular flexibility index (Phi) is 4.83. The number of rotatable bonds is 4. The predicted octanol–water partition coefficient (Wildman–Crippen LogP) is 3.77. The fraction of sp³-hybridized carbons (Fsp3) is 0.375. The van der Waals surface area contributed by atoms with Crippen LogP contribution in [0.15, 0.2) is 28.9 Å². The maximum atomic E-state index is 12.5. The normalized spacial score (nSPS) is 12.2. The summed E-state index contributed by atoms with van der Waals surface area (Å²) in [6.07, 6.45) is 1.65. The van der Waals surface area contributed by atoms with Crippen LogP contribution in [0.25, 0.3) is 0 Å². The molecule has 4 nitrogen and oxygen atoms in total. The second kappa shape index (κ2) is 6.43. The van der Waals surface area contributed by atoms with Crippen LogP contribution >= 0.6 is 15.9 Å². The van der Waals surface area contributed by atoms with Gasteiger partial charge in [-0.3, -0.25) is 9.48 Å². The average Bonchev–Trinajstić information content (AvgIpc) is 2.79. The van der Waals surface area contributed by atoms with Crippen LogP contribution in [0.2, 0.25) is 0 Å². The number of amides is 1. The summed E-state index contributed by atoms with van der Waals surface area (Å²) in [5.41, 5.74) is 4.11. The van der Waals surface area contributed by atoms with Crippen molar-refractivity contribution < 1.29 is 4.79 Å². The molecule has 0 spiro atoms. The molecule has 1 aromatic heterocycles. The quantitative estimate of drug-likeness (QED) is 0.912. The van der Waals surface area contributed by atoms with E-state index in [2.05, 4.69) is 58.4 Å². The van der Waals surface area contributed by atoms with Gasteiger partial charge in [0.25, 0.3) is 5.91 Å². The van der Waals surface area contributed by atoms with Gasteiger partial charge in [0.15, 0.2) is 0 Å². The first-order chi connectivity index (χ1) is 9.93. The van der Waals surface area contributed by atoms with Crippen molar-refractivity contribution in [3.63, 3.8) is 0 Å². The number of carbonyl (C=O) groups excluding carboxylic acids is 1. The van der Waals surface area contributed by atoms with Crippen LogP contribution in [0.3, 0.4) is 0 Å². The molecule has 0 bridgehead atoms. The average molecular weight is 350 g/mol. The number of nitrogens with one attached hydrogen (secondary N) is 1. The smallest absolute Gasteiger partial charge is 0.271 e. The first kappa shape index (κ1) is 15.8. The molecule has 0 aliphatic heterocycles. The molecule has 112 valence electrons. The topological polar surface area (TPSA) is 46.9 Å². The van der Waals surface area contributed by atoms with E-state index in [1.165, 1.54) is 11.1 Å². The first-order valence-corrected chi connectivity index (χ1v) is 7.82. The SMILES string of the molecule is CCn1ncc(Br)c1C(=O)NC(C)c1ccc(C)cc1C. The van der Waals surface area contributed by atoms with E-state index in [4.69, 9.17) is 0 Å². The molecule has 1 aromatic carbocycles.